The largest absolute Gasteiger partial charge is 0.490 e. The van der Waals surface area contributed by atoms with Gasteiger partial charge in [0, 0.05) is 17.7 Å². The first-order valence-electron chi connectivity index (χ1n) is 12.4. The summed E-state index contributed by atoms with van der Waals surface area (Å²) in [6.45, 7) is 7.11. The molecule has 5 nitrogen and oxygen atoms in total. The molecule has 0 spiro atoms. The van der Waals surface area contributed by atoms with Gasteiger partial charge in [-0.15, -0.1) is 0 Å². The highest BCUT2D eigenvalue weighted by atomic mass is 16.5. The molecule has 0 radical (unpaired) electrons. The van der Waals surface area contributed by atoms with E-state index in [0.717, 1.165) is 34.6 Å². The van der Waals surface area contributed by atoms with Crippen molar-refractivity contribution in [1.29, 1.82) is 0 Å². The SMILES string of the molecule is CCOc1ccc(C2Nc3ccccc3NC3=C2C(=O)CC(c2ccc(C)cc2)C3)cc1OCC. The Balaban J connectivity index is 1.59. The van der Waals surface area contributed by atoms with Crippen molar-refractivity contribution in [2.75, 3.05) is 23.8 Å². The molecule has 0 bridgehead atoms. The Morgan fingerprint density at radius 2 is 1.51 bits per heavy atom. The molecule has 3 aromatic carbocycles. The van der Waals surface area contributed by atoms with Gasteiger partial charge in [-0.2, -0.15) is 0 Å². The summed E-state index contributed by atoms with van der Waals surface area (Å²) in [6.07, 6.45) is 1.28. The lowest BCUT2D eigenvalue weighted by Crippen LogP contribution is -2.27. The van der Waals surface area contributed by atoms with Crippen LogP contribution in [0.4, 0.5) is 11.4 Å². The van der Waals surface area contributed by atoms with Gasteiger partial charge in [0.2, 0.25) is 0 Å². The average Bonchev–Trinajstić information content (AvgIpc) is 3.03. The first-order chi connectivity index (χ1) is 17.1. The van der Waals surface area contributed by atoms with Gasteiger partial charge in [-0.3, -0.25) is 4.79 Å². The lowest BCUT2D eigenvalue weighted by atomic mass is 9.78. The highest BCUT2D eigenvalue weighted by Gasteiger charge is 2.36. The third kappa shape index (κ3) is 4.63. The summed E-state index contributed by atoms with van der Waals surface area (Å²) >= 11 is 0. The fourth-order valence-corrected chi connectivity index (χ4v) is 5.06. The van der Waals surface area contributed by atoms with Crippen molar-refractivity contribution in [3.63, 3.8) is 0 Å². The molecule has 2 aliphatic rings. The van der Waals surface area contributed by atoms with Crippen molar-refractivity contribution < 1.29 is 14.3 Å². The Bertz CT molecular complexity index is 1260. The number of anilines is 2. The average molecular weight is 469 g/mol. The van der Waals surface area contributed by atoms with Gasteiger partial charge >= 0.3 is 0 Å². The standard InChI is InChI=1S/C30H32N2O3/c1-4-34-27-15-14-21(18-28(27)35-5-2)30-29-25(31-23-8-6-7-9-24(23)32-30)16-22(17-26(29)33)20-12-10-19(3)11-13-20/h6-15,18,22,30-32H,4-5,16-17H2,1-3H3. The second kappa shape index (κ2) is 9.87. The molecule has 5 rings (SSSR count). The third-order valence-electron chi connectivity index (χ3n) is 6.76. The van der Waals surface area contributed by atoms with E-state index in [9.17, 15) is 4.79 Å². The van der Waals surface area contributed by atoms with E-state index in [0.29, 0.717) is 31.1 Å². The Kier molecular flexibility index (Phi) is 6.49. The predicted octanol–water partition coefficient (Wildman–Crippen LogP) is 6.77. The normalized spacial score (nSPS) is 19.1. The zero-order valence-electron chi connectivity index (χ0n) is 20.6. The molecule has 2 N–H and O–H groups in total. The third-order valence-corrected chi connectivity index (χ3v) is 6.76. The van der Waals surface area contributed by atoms with Crippen LogP contribution in [0.25, 0.3) is 0 Å². The molecule has 1 heterocycles. The number of aryl methyl sites for hydroxylation is 1. The van der Waals surface area contributed by atoms with Crippen LogP contribution in [0.15, 0.2) is 78.0 Å². The van der Waals surface area contributed by atoms with Crippen LogP contribution in [0, 0.1) is 6.92 Å². The van der Waals surface area contributed by atoms with Crippen LogP contribution in [-0.2, 0) is 4.79 Å². The summed E-state index contributed by atoms with van der Waals surface area (Å²) in [5, 5.41) is 7.27. The van der Waals surface area contributed by atoms with Gasteiger partial charge in [-0.1, -0.05) is 48.0 Å². The monoisotopic (exact) mass is 468 g/mol. The van der Waals surface area contributed by atoms with E-state index in [1.165, 1.54) is 11.1 Å². The lowest BCUT2D eigenvalue weighted by molar-refractivity contribution is -0.116. The molecule has 2 atom stereocenters. The van der Waals surface area contributed by atoms with Gasteiger partial charge < -0.3 is 20.1 Å². The summed E-state index contributed by atoms with van der Waals surface area (Å²) in [7, 11) is 0. The van der Waals surface area contributed by atoms with Gasteiger partial charge in [0.05, 0.1) is 30.6 Å². The second-order valence-corrected chi connectivity index (χ2v) is 9.15. The minimum absolute atomic E-state index is 0.152. The number of benzene rings is 3. The number of ether oxygens (including phenoxy) is 2. The Morgan fingerprint density at radius 3 is 2.26 bits per heavy atom. The number of Topliss-reactive ketones (excluding diaryl/α,β-unsaturated/α-hetero) is 1. The van der Waals surface area contributed by atoms with Crippen LogP contribution in [0.3, 0.4) is 0 Å². The van der Waals surface area contributed by atoms with E-state index in [1.807, 2.05) is 50.2 Å². The molecule has 0 saturated carbocycles. The second-order valence-electron chi connectivity index (χ2n) is 9.15. The first-order valence-corrected chi connectivity index (χ1v) is 12.4. The summed E-state index contributed by atoms with van der Waals surface area (Å²) in [5.74, 6) is 1.73. The van der Waals surface area contributed by atoms with Crippen molar-refractivity contribution >= 4 is 17.2 Å². The highest BCUT2D eigenvalue weighted by molar-refractivity contribution is 6.01. The number of rotatable bonds is 6. The number of carbonyl (C=O) groups excluding carboxylic acids is 1. The van der Waals surface area contributed by atoms with Gasteiger partial charge in [0.25, 0.3) is 0 Å². The van der Waals surface area contributed by atoms with Crippen LogP contribution in [0.5, 0.6) is 11.5 Å². The smallest absolute Gasteiger partial charge is 0.163 e. The van der Waals surface area contributed by atoms with E-state index in [2.05, 4.69) is 47.9 Å². The summed E-state index contributed by atoms with van der Waals surface area (Å²) < 4.78 is 11.7. The molecular weight excluding hydrogens is 436 g/mol. The fraction of sp³-hybridized carbons (Fsp3) is 0.300. The highest BCUT2D eigenvalue weighted by Crippen LogP contribution is 2.45. The van der Waals surface area contributed by atoms with E-state index in [4.69, 9.17) is 9.47 Å². The number of ketones is 1. The van der Waals surface area contributed by atoms with Crippen LogP contribution in [-0.4, -0.2) is 19.0 Å². The number of hydrogen-bond donors (Lipinski definition) is 2. The van der Waals surface area contributed by atoms with Crippen LogP contribution >= 0.6 is 0 Å². The zero-order chi connectivity index (χ0) is 24.4. The minimum Gasteiger partial charge on any atom is -0.490 e. The summed E-state index contributed by atoms with van der Waals surface area (Å²) in [6, 6.07) is 22.4. The Morgan fingerprint density at radius 1 is 0.829 bits per heavy atom. The molecule has 0 saturated heterocycles. The Hall–Kier alpha value is -3.73. The maximum Gasteiger partial charge on any atom is 0.163 e. The molecule has 5 heteroatoms. The maximum absolute atomic E-state index is 13.8. The Labute approximate surface area is 207 Å². The lowest BCUT2D eigenvalue weighted by Gasteiger charge is -2.30. The number of nitrogens with one attached hydrogen (secondary N) is 2. The number of allylic oxidation sites excluding steroid dienone is 1. The van der Waals surface area contributed by atoms with Crippen molar-refractivity contribution in [2.24, 2.45) is 0 Å². The zero-order valence-corrected chi connectivity index (χ0v) is 20.6. The van der Waals surface area contributed by atoms with Gasteiger partial charge in [0.1, 0.15) is 0 Å². The molecule has 2 unspecified atom stereocenters. The van der Waals surface area contributed by atoms with Crippen LogP contribution < -0.4 is 20.1 Å². The van der Waals surface area contributed by atoms with Gasteiger partial charge in [-0.05, 0) is 68.5 Å². The van der Waals surface area contributed by atoms with E-state index in [-0.39, 0.29) is 17.7 Å². The molecule has 0 amide bonds. The number of hydrogen-bond acceptors (Lipinski definition) is 5. The number of carbonyl (C=O) groups is 1. The molecule has 0 aromatic heterocycles. The summed E-state index contributed by atoms with van der Waals surface area (Å²) in [4.78, 5) is 13.8. The van der Waals surface area contributed by atoms with Crippen LogP contribution in [0.2, 0.25) is 0 Å². The quantitative estimate of drug-likeness (QED) is 0.418. The van der Waals surface area contributed by atoms with Crippen LogP contribution in [0.1, 0.15) is 55.3 Å². The molecular formula is C30H32N2O3. The van der Waals surface area contributed by atoms with Crippen molar-refractivity contribution in [1.82, 2.24) is 0 Å². The first kappa shape index (κ1) is 23.0. The van der Waals surface area contributed by atoms with Gasteiger partial charge in [0.15, 0.2) is 17.3 Å². The minimum atomic E-state index is -0.289. The van der Waals surface area contributed by atoms with E-state index >= 15 is 0 Å². The van der Waals surface area contributed by atoms with Crippen molar-refractivity contribution in [2.45, 2.75) is 45.6 Å². The molecule has 180 valence electrons. The van der Waals surface area contributed by atoms with Crippen molar-refractivity contribution in [3.8, 4) is 11.5 Å². The number of para-hydroxylation sites is 2. The maximum atomic E-state index is 13.8. The molecule has 0 fully saturated rings. The number of fused-ring (bicyclic) bond motifs is 1. The topological polar surface area (TPSA) is 59.6 Å². The van der Waals surface area contributed by atoms with E-state index < -0.39 is 0 Å². The van der Waals surface area contributed by atoms with E-state index in [1.54, 1.807) is 0 Å². The molecule has 35 heavy (non-hydrogen) atoms. The molecule has 3 aromatic rings. The molecule has 1 aliphatic carbocycles. The fourth-order valence-electron chi connectivity index (χ4n) is 5.06. The van der Waals surface area contributed by atoms with Gasteiger partial charge in [-0.25, -0.2) is 0 Å². The predicted molar refractivity (Wildman–Crippen MR) is 140 cm³/mol. The summed E-state index contributed by atoms with van der Waals surface area (Å²) in [5.41, 5.74) is 7.15. The molecule has 1 aliphatic heterocycles. The van der Waals surface area contributed by atoms with Crippen molar-refractivity contribution in [3.05, 3.63) is 94.7 Å².